The monoisotopic (exact) mass is 363 g/mol. The van der Waals surface area contributed by atoms with Crippen molar-refractivity contribution in [2.24, 2.45) is 5.73 Å². The predicted molar refractivity (Wildman–Crippen MR) is 93.6 cm³/mol. The Hall–Kier alpha value is -2.32. The molecule has 2 amide bonds. The molecular formula is C18H25N3O5. The van der Waals surface area contributed by atoms with Crippen LogP contribution in [0.1, 0.15) is 12.8 Å². The van der Waals surface area contributed by atoms with Gasteiger partial charge in [-0.25, -0.2) is 4.79 Å². The van der Waals surface area contributed by atoms with Gasteiger partial charge >= 0.3 is 6.09 Å². The van der Waals surface area contributed by atoms with Crippen LogP contribution in [-0.4, -0.2) is 77.9 Å². The lowest BCUT2D eigenvalue weighted by atomic mass is 9.91. The zero-order valence-corrected chi connectivity index (χ0v) is 14.7. The fourth-order valence-corrected chi connectivity index (χ4v) is 3.36. The molecule has 1 spiro atoms. The van der Waals surface area contributed by atoms with E-state index < -0.39 is 11.6 Å². The molecule has 8 nitrogen and oxygen atoms in total. The number of nitrogens with two attached hydrogens (primary N) is 1. The summed E-state index contributed by atoms with van der Waals surface area (Å²) in [6.45, 7) is 1.91. The number of carbonyl (C=O) groups excluding carboxylic acids is 2. The van der Waals surface area contributed by atoms with Gasteiger partial charge in [-0.15, -0.1) is 0 Å². The Morgan fingerprint density at radius 2 is 2.00 bits per heavy atom. The number of aliphatic hydroxyl groups excluding tert-OH is 1. The van der Waals surface area contributed by atoms with Crippen molar-refractivity contribution in [1.82, 2.24) is 9.80 Å². The molecule has 2 saturated heterocycles. The number of nitrogens with zero attached hydrogens (tertiary/aromatic N) is 2. The first-order valence-electron chi connectivity index (χ1n) is 8.84. The Labute approximate surface area is 152 Å². The lowest BCUT2D eigenvalue weighted by molar-refractivity contribution is -0.136. The highest BCUT2D eigenvalue weighted by atomic mass is 16.6. The first-order chi connectivity index (χ1) is 12.5. The van der Waals surface area contributed by atoms with E-state index in [-0.39, 0.29) is 18.6 Å². The Kier molecular flexibility index (Phi) is 5.63. The summed E-state index contributed by atoms with van der Waals surface area (Å²) in [5.74, 6) is 0.501. The fourth-order valence-electron chi connectivity index (χ4n) is 3.36. The van der Waals surface area contributed by atoms with E-state index in [1.807, 2.05) is 30.3 Å². The third-order valence-corrected chi connectivity index (χ3v) is 4.91. The summed E-state index contributed by atoms with van der Waals surface area (Å²) in [6.07, 6.45) is 0.797. The molecule has 0 radical (unpaired) electrons. The SMILES string of the molecule is N[C@@H](CO)C(=O)N1CCC2(CC1)CN(CCOc1ccccc1)C(=O)O2. The quantitative estimate of drug-likeness (QED) is 0.748. The minimum atomic E-state index is -0.887. The first kappa shape index (κ1) is 18.5. The van der Waals surface area contributed by atoms with Crippen molar-refractivity contribution in [3.05, 3.63) is 30.3 Å². The molecule has 0 unspecified atom stereocenters. The summed E-state index contributed by atoms with van der Waals surface area (Å²) in [7, 11) is 0. The maximum absolute atomic E-state index is 12.2. The minimum Gasteiger partial charge on any atom is -0.492 e. The van der Waals surface area contributed by atoms with Gasteiger partial charge < -0.3 is 30.1 Å². The average Bonchev–Trinajstić information content (AvgIpc) is 2.97. The van der Waals surface area contributed by atoms with Crippen molar-refractivity contribution in [3.8, 4) is 5.75 Å². The Balaban J connectivity index is 1.48. The van der Waals surface area contributed by atoms with Crippen LogP contribution in [0, 0.1) is 0 Å². The predicted octanol–water partition coefficient (Wildman–Crippen LogP) is 0.198. The number of carbonyl (C=O) groups is 2. The minimum absolute atomic E-state index is 0.264. The number of benzene rings is 1. The molecule has 1 aromatic rings. The fraction of sp³-hybridized carbons (Fsp3) is 0.556. The summed E-state index contributed by atoms with van der Waals surface area (Å²) < 4.78 is 11.3. The number of ether oxygens (including phenoxy) is 2. The van der Waals surface area contributed by atoms with Crippen LogP contribution in [-0.2, 0) is 9.53 Å². The number of para-hydroxylation sites is 1. The van der Waals surface area contributed by atoms with Gasteiger partial charge in [-0.05, 0) is 12.1 Å². The van der Waals surface area contributed by atoms with Gasteiger partial charge in [0.1, 0.15) is 24.0 Å². The molecule has 26 heavy (non-hydrogen) atoms. The number of hydrogen-bond donors (Lipinski definition) is 2. The van der Waals surface area contributed by atoms with Crippen LogP contribution < -0.4 is 10.5 Å². The second kappa shape index (κ2) is 7.92. The number of piperidine rings is 1. The van der Waals surface area contributed by atoms with Crippen LogP contribution in [0.25, 0.3) is 0 Å². The zero-order chi connectivity index (χ0) is 18.6. The Morgan fingerprint density at radius 1 is 1.31 bits per heavy atom. The van der Waals surface area contributed by atoms with Crippen LogP contribution in [0.2, 0.25) is 0 Å². The van der Waals surface area contributed by atoms with E-state index in [9.17, 15) is 9.59 Å². The van der Waals surface area contributed by atoms with Gasteiger partial charge in [0.25, 0.3) is 0 Å². The van der Waals surface area contributed by atoms with Crippen molar-refractivity contribution in [2.45, 2.75) is 24.5 Å². The van der Waals surface area contributed by atoms with Crippen LogP contribution in [0.3, 0.4) is 0 Å². The molecule has 0 saturated carbocycles. The molecule has 142 valence electrons. The Bertz CT molecular complexity index is 631. The standard InChI is InChI=1S/C18H25N3O5/c19-15(12-22)16(23)20-8-6-18(7-9-20)13-21(17(24)26-18)10-11-25-14-4-2-1-3-5-14/h1-5,15,22H,6-13,19H2/t15-/m0/s1. The average molecular weight is 363 g/mol. The van der Waals surface area contributed by atoms with Gasteiger partial charge in [0.15, 0.2) is 0 Å². The maximum atomic E-state index is 12.2. The van der Waals surface area contributed by atoms with E-state index in [1.165, 1.54) is 0 Å². The first-order valence-corrected chi connectivity index (χ1v) is 8.84. The molecule has 1 aromatic carbocycles. The smallest absolute Gasteiger partial charge is 0.410 e. The topological polar surface area (TPSA) is 105 Å². The summed E-state index contributed by atoms with van der Waals surface area (Å²) in [5.41, 5.74) is 5.04. The normalized spacial score (nSPS) is 20.2. The van der Waals surface area contributed by atoms with Crippen molar-refractivity contribution in [2.75, 3.05) is 39.4 Å². The van der Waals surface area contributed by atoms with Gasteiger partial charge in [0.05, 0.1) is 19.7 Å². The molecule has 2 aliphatic rings. The summed E-state index contributed by atoms with van der Waals surface area (Å²) in [4.78, 5) is 27.5. The van der Waals surface area contributed by atoms with Gasteiger partial charge in [-0.3, -0.25) is 4.79 Å². The van der Waals surface area contributed by atoms with Gasteiger partial charge in [-0.2, -0.15) is 0 Å². The highest BCUT2D eigenvalue weighted by molar-refractivity contribution is 5.82. The van der Waals surface area contributed by atoms with Crippen LogP contribution in [0.15, 0.2) is 30.3 Å². The molecular weight excluding hydrogens is 338 g/mol. The molecule has 3 rings (SSSR count). The molecule has 0 aliphatic carbocycles. The Morgan fingerprint density at radius 3 is 2.65 bits per heavy atom. The van der Waals surface area contributed by atoms with Crippen molar-refractivity contribution in [1.29, 1.82) is 0 Å². The molecule has 8 heteroatoms. The van der Waals surface area contributed by atoms with E-state index >= 15 is 0 Å². The van der Waals surface area contributed by atoms with E-state index in [2.05, 4.69) is 0 Å². The van der Waals surface area contributed by atoms with E-state index in [0.717, 1.165) is 5.75 Å². The van der Waals surface area contributed by atoms with Gasteiger partial charge in [0, 0.05) is 25.9 Å². The number of amides is 2. The van der Waals surface area contributed by atoms with Gasteiger partial charge in [-0.1, -0.05) is 18.2 Å². The van der Waals surface area contributed by atoms with E-state index in [0.29, 0.717) is 45.6 Å². The largest absolute Gasteiger partial charge is 0.492 e. The lowest BCUT2D eigenvalue weighted by Crippen LogP contribution is -2.53. The molecule has 2 fully saturated rings. The third kappa shape index (κ3) is 4.08. The van der Waals surface area contributed by atoms with Crippen LogP contribution >= 0.6 is 0 Å². The maximum Gasteiger partial charge on any atom is 0.410 e. The summed E-state index contributed by atoms with van der Waals surface area (Å²) in [6, 6.07) is 8.56. The van der Waals surface area contributed by atoms with Crippen molar-refractivity contribution in [3.63, 3.8) is 0 Å². The third-order valence-electron chi connectivity index (χ3n) is 4.91. The van der Waals surface area contributed by atoms with Crippen molar-refractivity contribution < 1.29 is 24.2 Å². The molecule has 0 bridgehead atoms. The number of aliphatic hydroxyl groups is 1. The second-order valence-electron chi connectivity index (χ2n) is 6.75. The molecule has 3 N–H and O–H groups in total. The molecule has 0 aromatic heterocycles. The summed E-state index contributed by atoms with van der Waals surface area (Å²) >= 11 is 0. The number of hydrogen-bond acceptors (Lipinski definition) is 6. The summed E-state index contributed by atoms with van der Waals surface area (Å²) in [5, 5.41) is 9.01. The van der Waals surface area contributed by atoms with E-state index in [1.54, 1.807) is 9.80 Å². The van der Waals surface area contributed by atoms with E-state index in [4.69, 9.17) is 20.3 Å². The number of rotatable bonds is 6. The highest BCUT2D eigenvalue weighted by Gasteiger charge is 2.47. The zero-order valence-electron chi connectivity index (χ0n) is 14.7. The molecule has 2 heterocycles. The number of likely N-dealkylation sites (tertiary alicyclic amines) is 1. The lowest BCUT2D eigenvalue weighted by Gasteiger charge is -2.38. The molecule has 2 aliphatic heterocycles. The molecule has 1 atom stereocenters. The van der Waals surface area contributed by atoms with Crippen LogP contribution in [0.4, 0.5) is 4.79 Å². The second-order valence-corrected chi connectivity index (χ2v) is 6.75. The van der Waals surface area contributed by atoms with Gasteiger partial charge in [0.2, 0.25) is 5.91 Å². The highest BCUT2D eigenvalue weighted by Crippen LogP contribution is 2.33. The van der Waals surface area contributed by atoms with Crippen molar-refractivity contribution >= 4 is 12.0 Å². The van der Waals surface area contributed by atoms with Crippen LogP contribution in [0.5, 0.6) is 5.75 Å².